The zero-order chi connectivity index (χ0) is 28.1. The van der Waals surface area contributed by atoms with E-state index >= 15 is 0 Å². The molecule has 1 saturated heterocycles. The van der Waals surface area contributed by atoms with Crippen molar-refractivity contribution in [1.29, 1.82) is 0 Å². The zero-order valence-electron chi connectivity index (χ0n) is 22.4. The summed E-state index contributed by atoms with van der Waals surface area (Å²) in [4.78, 5) is 18.1. The molecule has 4 aromatic rings. The first-order valence-corrected chi connectivity index (χ1v) is 13.7. The molecule has 1 aliphatic heterocycles. The van der Waals surface area contributed by atoms with E-state index in [-0.39, 0.29) is 5.91 Å². The monoisotopic (exact) mass is 576 g/mol. The van der Waals surface area contributed by atoms with E-state index in [0.29, 0.717) is 51.7 Å². The van der Waals surface area contributed by atoms with Gasteiger partial charge in [0.05, 0.1) is 35.6 Å². The average Bonchev–Trinajstić information content (AvgIpc) is 3.44. The molecule has 1 fully saturated rings. The van der Waals surface area contributed by atoms with E-state index in [9.17, 15) is 4.79 Å². The number of halogens is 2. The summed E-state index contributed by atoms with van der Waals surface area (Å²) in [7, 11) is 3.19. The van der Waals surface area contributed by atoms with Crippen molar-refractivity contribution < 1.29 is 14.3 Å². The number of hydrogen-bond acceptors (Lipinski definition) is 5. The maximum Gasteiger partial charge on any atom is 0.272 e. The summed E-state index contributed by atoms with van der Waals surface area (Å²) in [5.74, 6) is 1.16. The molecule has 7 nitrogen and oxygen atoms in total. The van der Waals surface area contributed by atoms with Crippen LogP contribution in [0.4, 0.5) is 0 Å². The number of rotatable bonds is 8. The van der Waals surface area contributed by atoms with Gasteiger partial charge >= 0.3 is 0 Å². The standard InChI is InChI=1S/C31H30Cl2N4O3/c1-39-24-11-12-25(30(20-24)40-2)28-21-29(37(34-28)23-10-13-26(32)27(33)19-23)31(38)36-17-15-35(16-18-36)14-6-9-22-7-4-3-5-8-22/h3-13,19-21H,14-18H2,1-2H3/b9-6+. The zero-order valence-corrected chi connectivity index (χ0v) is 23.9. The number of hydrogen-bond donors (Lipinski definition) is 0. The molecule has 1 amide bonds. The molecule has 5 rings (SSSR count). The second-order valence-corrected chi connectivity index (χ2v) is 10.2. The Morgan fingerprint density at radius 3 is 2.38 bits per heavy atom. The van der Waals surface area contributed by atoms with Crippen molar-refractivity contribution in [3.05, 3.63) is 100 Å². The lowest BCUT2D eigenvalue weighted by Gasteiger charge is -2.34. The number of ether oxygens (including phenoxy) is 2. The highest BCUT2D eigenvalue weighted by Crippen LogP contribution is 2.34. The number of carbonyl (C=O) groups is 1. The van der Waals surface area contributed by atoms with Crippen LogP contribution in [0.15, 0.2) is 78.9 Å². The highest BCUT2D eigenvalue weighted by Gasteiger charge is 2.27. The number of nitrogens with zero attached hydrogens (tertiary/aromatic N) is 4. The summed E-state index contributed by atoms with van der Waals surface area (Å²) in [6.45, 7) is 3.63. The molecular formula is C31H30Cl2N4O3. The number of amides is 1. The van der Waals surface area contributed by atoms with Crippen molar-refractivity contribution in [1.82, 2.24) is 19.6 Å². The molecule has 0 atom stereocenters. The van der Waals surface area contributed by atoms with Gasteiger partial charge in [-0.3, -0.25) is 9.69 Å². The summed E-state index contributed by atoms with van der Waals surface area (Å²) in [5.41, 5.74) is 3.59. The Balaban J connectivity index is 1.39. The lowest BCUT2D eigenvalue weighted by Crippen LogP contribution is -2.49. The molecule has 0 radical (unpaired) electrons. The molecular weight excluding hydrogens is 547 g/mol. The van der Waals surface area contributed by atoms with Gasteiger partial charge in [-0.1, -0.05) is 65.7 Å². The number of piperazine rings is 1. The summed E-state index contributed by atoms with van der Waals surface area (Å²) in [6, 6.07) is 22.7. The predicted octanol–water partition coefficient (Wildman–Crippen LogP) is 6.33. The first kappa shape index (κ1) is 27.8. The first-order chi connectivity index (χ1) is 19.5. The normalized spacial score (nSPS) is 14.1. The second-order valence-electron chi connectivity index (χ2n) is 9.40. The molecule has 206 valence electrons. The van der Waals surface area contributed by atoms with Crippen LogP contribution in [-0.4, -0.2) is 72.4 Å². The van der Waals surface area contributed by atoms with Gasteiger partial charge in [-0.25, -0.2) is 4.68 Å². The Morgan fingerprint density at radius 1 is 0.900 bits per heavy atom. The van der Waals surface area contributed by atoms with Gasteiger partial charge in [0.1, 0.15) is 17.2 Å². The number of methoxy groups -OCH3 is 2. The van der Waals surface area contributed by atoms with E-state index in [4.69, 9.17) is 37.8 Å². The predicted molar refractivity (Wildman–Crippen MR) is 160 cm³/mol. The van der Waals surface area contributed by atoms with Crippen LogP contribution in [0.25, 0.3) is 23.0 Å². The maximum absolute atomic E-state index is 13.9. The topological polar surface area (TPSA) is 59.8 Å². The maximum atomic E-state index is 13.9. The Labute approximate surface area is 244 Å². The third-order valence-corrected chi connectivity index (χ3v) is 7.63. The summed E-state index contributed by atoms with van der Waals surface area (Å²) < 4.78 is 12.6. The number of aromatic nitrogens is 2. The van der Waals surface area contributed by atoms with Crippen LogP contribution in [0.2, 0.25) is 10.0 Å². The van der Waals surface area contributed by atoms with E-state index in [1.165, 1.54) is 5.56 Å². The molecule has 0 unspecified atom stereocenters. The van der Waals surface area contributed by atoms with Crippen LogP contribution in [-0.2, 0) is 0 Å². The minimum Gasteiger partial charge on any atom is -0.497 e. The van der Waals surface area contributed by atoms with E-state index in [1.54, 1.807) is 49.2 Å². The molecule has 3 aromatic carbocycles. The van der Waals surface area contributed by atoms with Crippen LogP contribution in [0.5, 0.6) is 11.5 Å². The van der Waals surface area contributed by atoms with Crippen LogP contribution in [0.1, 0.15) is 16.1 Å². The molecule has 0 aliphatic carbocycles. The average molecular weight is 578 g/mol. The van der Waals surface area contributed by atoms with E-state index < -0.39 is 0 Å². The Morgan fingerprint density at radius 2 is 1.68 bits per heavy atom. The van der Waals surface area contributed by atoms with Crippen molar-refractivity contribution in [2.75, 3.05) is 46.9 Å². The molecule has 0 bridgehead atoms. The molecule has 0 saturated carbocycles. The molecule has 1 aromatic heterocycles. The van der Waals surface area contributed by atoms with E-state index in [0.717, 1.165) is 25.2 Å². The van der Waals surface area contributed by atoms with Crippen molar-refractivity contribution in [3.63, 3.8) is 0 Å². The van der Waals surface area contributed by atoms with Gasteiger partial charge in [0.25, 0.3) is 5.91 Å². The van der Waals surface area contributed by atoms with Crippen molar-refractivity contribution in [2.24, 2.45) is 0 Å². The molecule has 40 heavy (non-hydrogen) atoms. The Hall–Kier alpha value is -3.78. The van der Waals surface area contributed by atoms with Gasteiger partial charge in [-0.05, 0) is 42.0 Å². The highest BCUT2D eigenvalue weighted by atomic mass is 35.5. The van der Waals surface area contributed by atoms with Crippen LogP contribution >= 0.6 is 23.2 Å². The largest absolute Gasteiger partial charge is 0.497 e. The fourth-order valence-electron chi connectivity index (χ4n) is 4.69. The van der Waals surface area contributed by atoms with E-state index in [1.807, 2.05) is 35.2 Å². The number of carbonyl (C=O) groups excluding carboxylic acids is 1. The minimum atomic E-state index is -0.100. The van der Waals surface area contributed by atoms with E-state index in [2.05, 4.69) is 29.2 Å². The molecule has 2 heterocycles. The van der Waals surface area contributed by atoms with Gasteiger partial charge in [0.15, 0.2) is 0 Å². The molecule has 0 N–H and O–H groups in total. The molecule has 9 heteroatoms. The smallest absolute Gasteiger partial charge is 0.272 e. The van der Waals surface area contributed by atoms with Crippen molar-refractivity contribution in [2.45, 2.75) is 0 Å². The third kappa shape index (κ3) is 6.17. The summed E-state index contributed by atoms with van der Waals surface area (Å²) >= 11 is 12.5. The first-order valence-electron chi connectivity index (χ1n) is 13.0. The quantitative estimate of drug-likeness (QED) is 0.245. The Kier molecular flexibility index (Phi) is 8.75. The van der Waals surface area contributed by atoms with Gasteiger partial charge < -0.3 is 14.4 Å². The third-order valence-electron chi connectivity index (χ3n) is 6.89. The van der Waals surface area contributed by atoms with Gasteiger partial charge in [0.2, 0.25) is 0 Å². The fourth-order valence-corrected chi connectivity index (χ4v) is 4.98. The second kappa shape index (κ2) is 12.6. The molecule has 0 spiro atoms. The van der Waals surface area contributed by atoms with Crippen molar-refractivity contribution >= 4 is 35.2 Å². The van der Waals surface area contributed by atoms with Crippen LogP contribution in [0.3, 0.4) is 0 Å². The van der Waals surface area contributed by atoms with Crippen LogP contribution in [0, 0.1) is 0 Å². The summed E-state index contributed by atoms with van der Waals surface area (Å²) in [6.07, 6.45) is 4.29. The summed E-state index contributed by atoms with van der Waals surface area (Å²) in [5, 5.41) is 5.63. The van der Waals surface area contributed by atoms with Gasteiger partial charge in [-0.15, -0.1) is 0 Å². The van der Waals surface area contributed by atoms with Crippen LogP contribution < -0.4 is 9.47 Å². The number of benzene rings is 3. The SMILES string of the molecule is COc1ccc(-c2cc(C(=O)N3CCN(C/C=C/c4ccccc4)CC3)n(-c3ccc(Cl)c(Cl)c3)n2)c(OC)c1. The Bertz CT molecular complexity index is 1510. The van der Waals surface area contributed by atoms with Gasteiger partial charge in [0, 0.05) is 44.4 Å². The van der Waals surface area contributed by atoms with Gasteiger partial charge in [-0.2, -0.15) is 5.10 Å². The lowest BCUT2D eigenvalue weighted by molar-refractivity contribution is 0.0641. The lowest BCUT2D eigenvalue weighted by atomic mass is 10.1. The highest BCUT2D eigenvalue weighted by molar-refractivity contribution is 6.42. The van der Waals surface area contributed by atoms with Crippen molar-refractivity contribution in [3.8, 4) is 28.4 Å². The minimum absolute atomic E-state index is 0.100. The fraction of sp³-hybridized carbons (Fsp3) is 0.226. The molecule has 1 aliphatic rings.